The van der Waals surface area contributed by atoms with Gasteiger partial charge in [0.05, 0.1) is 0 Å². The van der Waals surface area contributed by atoms with Gasteiger partial charge in [0.1, 0.15) is 0 Å². The quantitative estimate of drug-likeness (QED) is 0.390. The second-order valence-corrected chi connectivity index (χ2v) is 2.15. The maximum atomic E-state index is 2.32. The summed E-state index contributed by atoms with van der Waals surface area (Å²) in [5.74, 6) is 0. The zero-order valence-corrected chi connectivity index (χ0v) is 6.56. The summed E-state index contributed by atoms with van der Waals surface area (Å²) >= 11 is 0. The van der Waals surface area contributed by atoms with Gasteiger partial charge in [-0.2, -0.15) is 0 Å². The largest absolute Gasteiger partial charge is 0.0888 e. The third-order valence-electron chi connectivity index (χ3n) is 1.23. The SMILES string of the molecule is CC[CH]CCC=CCC. The number of rotatable bonds is 5. The lowest BCUT2D eigenvalue weighted by Gasteiger charge is -1.89. The second kappa shape index (κ2) is 7.74. The zero-order chi connectivity index (χ0) is 6.95. The Morgan fingerprint density at radius 3 is 2.22 bits per heavy atom. The fourth-order valence-electron chi connectivity index (χ4n) is 0.703. The molecule has 0 amide bonds. The van der Waals surface area contributed by atoms with Gasteiger partial charge in [0.25, 0.3) is 0 Å². The molecular formula is C9H17. The van der Waals surface area contributed by atoms with Crippen molar-refractivity contribution in [2.75, 3.05) is 0 Å². The molecule has 0 aromatic heterocycles. The standard InChI is InChI=1S/C9H17/c1-3-5-7-9-8-6-4-2/h5-7H,3-4,8-9H2,1-2H3. The Kier molecular flexibility index (Phi) is 7.52. The number of allylic oxidation sites excluding steroid dienone is 2. The lowest BCUT2D eigenvalue weighted by molar-refractivity contribution is 0.898. The minimum Gasteiger partial charge on any atom is -0.0888 e. The van der Waals surface area contributed by atoms with E-state index in [2.05, 4.69) is 32.4 Å². The van der Waals surface area contributed by atoms with E-state index in [4.69, 9.17) is 0 Å². The van der Waals surface area contributed by atoms with E-state index in [1.165, 1.54) is 25.7 Å². The molecule has 0 aromatic rings. The molecule has 0 aromatic carbocycles. The van der Waals surface area contributed by atoms with E-state index in [0.717, 1.165) is 0 Å². The summed E-state index contributed by atoms with van der Waals surface area (Å²) in [6.07, 6.45) is 11.6. The smallest absolute Gasteiger partial charge is 0.0348 e. The van der Waals surface area contributed by atoms with Crippen LogP contribution in [0, 0.1) is 6.42 Å². The summed E-state index contributed by atoms with van der Waals surface area (Å²) in [5.41, 5.74) is 0. The predicted octanol–water partition coefficient (Wildman–Crippen LogP) is 3.35. The van der Waals surface area contributed by atoms with E-state index in [-0.39, 0.29) is 0 Å². The average molecular weight is 125 g/mol. The first-order chi connectivity index (χ1) is 4.41. The first-order valence-electron chi connectivity index (χ1n) is 3.88. The second-order valence-electron chi connectivity index (χ2n) is 2.15. The molecule has 0 saturated carbocycles. The molecule has 1 radical (unpaired) electrons. The highest BCUT2D eigenvalue weighted by Crippen LogP contribution is 1.98. The molecule has 0 unspecified atom stereocenters. The van der Waals surface area contributed by atoms with Crippen molar-refractivity contribution >= 4 is 0 Å². The fraction of sp³-hybridized carbons (Fsp3) is 0.667. The van der Waals surface area contributed by atoms with Crippen molar-refractivity contribution in [1.29, 1.82) is 0 Å². The molecule has 0 rings (SSSR count). The molecule has 0 bridgehead atoms. The molecule has 53 valence electrons. The van der Waals surface area contributed by atoms with Crippen LogP contribution in [-0.4, -0.2) is 0 Å². The molecule has 0 aliphatic heterocycles. The van der Waals surface area contributed by atoms with E-state index in [1.807, 2.05) is 0 Å². The lowest BCUT2D eigenvalue weighted by atomic mass is 10.2. The van der Waals surface area contributed by atoms with E-state index in [0.29, 0.717) is 0 Å². The first-order valence-corrected chi connectivity index (χ1v) is 3.88. The minimum atomic E-state index is 1.17. The van der Waals surface area contributed by atoms with Crippen LogP contribution in [0.5, 0.6) is 0 Å². The molecule has 0 spiro atoms. The molecule has 0 heteroatoms. The molecule has 0 heterocycles. The van der Waals surface area contributed by atoms with Crippen molar-refractivity contribution in [1.82, 2.24) is 0 Å². The van der Waals surface area contributed by atoms with Crippen LogP contribution in [0.25, 0.3) is 0 Å². The van der Waals surface area contributed by atoms with Crippen LogP contribution in [0.15, 0.2) is 12.2 Å². The van der Waals surface area contributed by atoms with Crippen molar-refractivity contribution in [2.24, 2.45) is 0 Å². The summed E-state index contributed by atoms with van der Waals surface area (Å²) in [4.78, 5) is 0. The zero-order valence-electron chi connectivity index (χ0n) is 6.56. The third-order valence-corrected chi connectivity index (χ3v) is 1.23. The highest BCUT2D eigenvalue weighted by atomic mass is 13.9. The topological polar surface area (TPSA) is 0 Å². The van der Waals surface area contributed by atoms with Crippen LogP contribution >= 0.6 is 0 Å². The van der Waals surface area contributed by atoms with Crippen molar-refractivity contribution in [3.63, 3.8) is 0 Å². The van der Waals surface area contributed by atoms with Gasteiger partial charge in [-0.15, -0.1) is 0 Å². The molecule has 0 N–H and O–H groups in total. The predicted molar refractivity (Wildman–Crippen MR) is 43.3 cm³/mol. The van der Waals surface area contributed by atoms with Gasteiger partial charge in [-0.05, 0) is 25.7 Å². The highest BCUT2D eigenvalue weighted by Gasteiger charge is 1.79. The van der Waals surface area contributed by atoms with E-state index < -0.39 is 0 Å². The van der Waals surface area contributed by atoms with Gasteiger partial charge >= 0.3 is 0 Å². The van der Waals surface area contributed by atoms with Crippen LogP contribution in [0.3, 0.4) is 0 Å². The molecule has 0 nitrogen and oxygen atoms in total. The monoisotopic (exact) mass is 125 g/mol. The Balaban J connectivity index is 2.82. The van der Waals surface area contributed by atoms with Gasteiger partial charge in [-0.25, -0.2) is 0 Å². The summed E-state index contributed by atoms with van der Waals surface area (Å²) in [5, 5.41) is 0. The Bertz CT molecular complexity index is 62.4. The van der Waals surface area contributed by atoms with Gasteiger partial charge in [-0.1, -0.05) is 32.4 Å². The van der Waals surface area contributed by atoms with Crippen molar-refractivity contribution < 1.29 is 0 Å². The van der Waals surface area contributed by atoms with Crippen molar-refractivity contribution in [3.05, 3.63) is 18.6 Å². The van der Waals surface area contributed by atoms with Crippen LogP contribution in [0.1, 0.15) is 39.5 Å². The molecule has 0 saturated heterocycles. The molecule has 9 heavy (non-hydrogen) atoms. The normalized spacial score (nSPS) is 10.9. The summed E-state index contributed by atoms with van der Waals surface area (Å²) in [7, 11) is 0. The van der Waals surface area contributed by atoms with Crippen molar-refractivity contribution in [2.45, 2.75) is 39.5 Å². The maximum absolute atomic E-state index is 2.32. The Morgan fingerprint density at radius 2 is 1.67 bits per heavy atom. The van der Waals surface area contributed by atoms with E-state index >= 15 is 0 Å². The van der Waals surface area contributed by atoms with Crippen LogP contribution < -0.4 is 0 Å². The number of hydrogen-bond acceptors (Lipinski definition) is 0. The van der Waals surface area contributed by atoms with Gasteiger partial charge in [0.2, 0.25) is 0 Å². The fourth-order valence-corrected chi connectivity index (χ4v) is 0.703. The molecule has 0 atom stereocenters. The van der Waals surface area contributed by atoms with E-state index in [9.17, 15) is 0 Å². The first kappa shape index (κ1) is 8.74. The summed E-state index contributed by atoms with van der Waals surface area (Å²) in [6.45, 7) is 4.35. The maximum Gasteiger partial charge on any atom is -0.0348 e. The summed E-state index contributed by atoms with van der Waals surface area (Å²) < 4.78 is 0. The molecular weight excluding hydrogens is 108 g/mol. The molecule has 0 fully saturated rings. The van der Waals surface area contributed by atoms with Crippen LogP contribution in [0.4, 0.5) is 0 Å². The molecule has 0 aliphatic rings. The Labute approximate surface area is 59.0 Å². The Morgan fingerprint density at radius 1 is 0.889 bits per heavy atom. The minimum absolute atomic E-state index is 1.17. The average Bonchev–Trinajstić information content (AvgIpc) is 1.89. The lowest BCUT2D eigenvalue weighted by Crippen LogP contribution is -1.71. The van der Waals surface area contributed by atoms with Gasteiger partial charge < -0.3 is 0 Å². The van der Waals surface area contributed by atoms with Gasteiger partial charge in [0, 0.05) is 0 Å². The Hall–Kier alpha value is -0.260. The van der Waals surface area contributed by atoms with Gasteiger partial charge in [0.15, 0.2) is 0 Å². The van der Waals surface area contributed by atoms with Crippen LogP contribution in [0.2, 0.25) is 0 Å². The number of hydrogen-bond donors (Lipinski definition) is 0. The van der Waals surface area contributed by atoms with E-state index in [1.54, 1.807) is 0 Å². The van der Waals surface area contributed by atoms with Crippen LogP contribution in [-0.2, 0) is 0 Å². The van der Waals surface area contributed by atoms with Gasteiger partial charge in [-0.3, -0.25) is 0 Å². The summed E-state index contributed by atoms with van der Waals surface area (Å²) in [6, 6.07) is 0. The molecule has 0 aliphatic carbocycles. The van der Waals surface area contributed by atoms with Crippen molar-refractivity contribution in [3.8, 4) is 0 Å². The third kappa shape index (κ3) is 7.74. The number of unbranched alkanes of at least 4 members (excludes halogenated alkanes) is 3. The highest BCUT2D eigenvalue weighted by molar-refractivity contribution is 4.81.